The highest BCUT2D eigenvalue weighted by Gasteiger charge is 2.59. The molecule has 4 rings (SSSR count). The van der Waals surface area contributed by atoms with Gasteiger partial charge in [0.05, 0.1) is 12.7 Å². The molecule has 0 amide bonds. The Morgan fingerprint density at radius 1 is 1.07 bits per heavy atom. The molecule has 1 saturated carbocycles. The number of esters is 1. The van der Waals surface area contributed by atoms with Crippen LogP contribution in [0.25, 0.3) is 0 Å². The molecule has 1 aliphatic heterocycles. The number of hydrogen-bond acceptors (Lipinski definition) is 4. The predicted molar refractivity (Wildman–Crippen MR) is 106 cm³/mol. The first-order valence-corrected chi connectivity index (χ1v) is 10.3. The zero-order chi connectivity index (χ0) is 20.4. The summed E-state index contributed by atoms with van der Waals surface area (Å²) in [6, 6.07) is 15.2. The molecule has 152 valence electrons. The van der Waals surface area contributed by atoms with Gasteiger partial charge in [-0.2, -0.15) is 0 Å². The second-order valence-electron chi connectivity index (χ2n) is 7.74. The van der Waals surface area contributed by atoms with Crippen LogP contribution in [0.5, 0.6) is 0 Å². The van der Waals surface area contributed by atoms with Crippen LogP contribution in [0.1, 0.15) is 43.7 Å². The number of benzene rings is 2. The van der Waals surface area contributed by atoms with Gasteiger partial charge in [-0.05, 0) is 43.0 Å². The van der Waals surface area contributed by atoms with Gasteiger partial charge in [0.1, 0.15) is 11.4 Å². The lowest BCUT2D eigenvalue weighted by molar-refractivity contribution is -0.198. The van der Waals surface area contributed by atoms with Gasteiger partial charge < -0.3 is 9.47 Å². The van der Waals surface area contributed by atoms with Crippen molar-refractivity contribution in [3.8, 4) is 0 Å². The van der Waals surface area contributed by atoms with Crippen LogP contribution in [0.3, 0.4) is 0 Å². The highest BCUT2D eigenvalue weighted by Crippen LogP contribution is 2.50. The molecule has 2 aliphatic rings. The topological polar surface area (TPSA) is 52.6 Å². The van der Waals surface area contributed by atoms with Crippen LogP contribution in [-0.4, -0.2) is 24.5 Å². The van der Waals surface area contributed by atoms with Crippen molar-refractivity contribution in [1.29, 1.82) is 0 Å². The third kappa shape index (κ3) is 3.38. The molecular formula is C24H25FO4. The van der Waals surface area contributed by atoms with Gasteiger partial charge >= 0.3 is 5.97 Å². The highest BCUT2D eigenvalue weighted by molar-refractivity contribution is 6.03. The molecule has 4 nitrogen and oxygen atoms in total. The largest absolute Gasteiger partial charge is 0.465 e. The van der Waals surface area contributed by atoms with Crippen LogP contribution in [0.4, 0.5) is 4.39 Å². The third-order valence-electron chi connectivity index (χ3n) is 6.09. The second kappa shape index (κ2) is 8.07. The molecular weight excluding hydrogens is 371 g/mol. The van der Waals surface area contributed by atoms with Gasteiger partial charge in [-0.25, -0.2) is 4.39 Å². The molecule has 0 aromatic heterocycles. The van der Waals surface area contributed by atoms with Crippen LogP contribution in [0.15, 0.2) is 54.6 Å². The molecule has 0 bridgehead atoms. The van der Waals surface area contributed by atoms with E-state index in [1.165, 1.54) is 12.1 Å². The van der Waals surface area contributed by atoms with Crippen molar-refractivity contribution >= 4 is 11.8 Å². The minimum absolute atomic E-state index is 0.132. The first-order chi connectivity index (χ1) is 14.1. The highest BCUT2D eigenvalue weighted by atomic mass is 19.1. The van der Waals surface area contributed by atoms with Gasteiger partial charge in [0.15, 0.2) is 11.7 Å². The Morgan fingerprint density at radius 3 is 2.41 bits per heavy atom. The molecule has 29 heavy (non-hydrogen) atoms. The number of carbonyl (C=O) groups is 2. The van der Waals surface area contributed by atoms with Crippen LogP contribution in [0.2, 0.25) is 0 Å². The molecule has 5 heteroatoms. The minimum Gasteiger partial charge on any atom is -0.465 e. The van der Waals surface area contributed by atoms with Crippen molar-refractivity contribution in [2.45, 2.75) is 44.3 Å². The number of ketones is 1. The average Bonchev–Trinajstić information content (AvgIpc) is 2.75. The van der Waals surface area contributed by atoms with Gasteiger partial charge in [-0.1, -0.05) is 55.3 Å². The molecule has 2 aromatic carbocycles. The van der Waals surface area contributed by atoms with Gasteiger partial charge in [-0.3, -0.25) is 9.59 Å². The summed E-state index contributed by atoms with van der Waals surface area (Å²) in [5.41, 5.74) is -0.0564. The van der Waals surface area contributed by atoms with Gasteiger partial charge in [-0.15, -0.1) is 0 Å². The average molecular weight is 396 g/mol. The van der Waals surface area contributed by atoms with Crippen molar-refractivity contribution in [2.75, 3.05) is 6.61 Å². The summed E-state index contributed by atoms with van der Waals surface area (Å²) in [6.45, 7) is 1.89. The lowest BCUT2D eigenvalue weighted by atomic mass is 9.66. The number of fused-ring (bicyclic) bond motifs is 1. The van der Waals surface area contributed by atoms with Crippen LogP contribution >= 0.6 is 0 Å². The Hall–Kier alpha value is -2.53. The lowest BCUT2D eigenvalue weighted by Gasteiger charge is -2.50. The number of hydrogen-bond donors (Lipinski definition) is 0. The fraction of sp³-hybridized carbons (Fsp3) is 0.417. The Balaban J connectivity index is 1.94. The quantitative estimate of drug-likeness (QED) is 0.568. The number of Topliss-reactive ketones (excluding diaryl/α,β-unsaturated/α-hetero) is 1. The van der Waals surface area contributed by atoms with E-state index in [2.05, 4.69) is 0 Å². The number of ether oxygens (including phenoxy) is 2. The van der Waals surface area contributed by atoms with E-state index in [0.29, 0.717) is 17.5 Å². The molecule has 4 unspecified atom stereocenters. The van der Waals surface area contributed by atoms with Crippen LogP contribution < -0.4 is 0 Å². The first-order valence-electron chi connectivity index (χ1n) is 10.3. The predicted octanol–water partition coefficient (Wildman–Crippen LogP) is 4.41. The van der Waals surface area contributed by atoms with Gasteiger partial charge in [0.25, 0.3) is 0 Å². The maximum atomic E-state index is 13.7. The molecule has 4 atom stereocenters. The smallest absolute Gasteiger partial charge is 0.320 e. The number of rotatable bonds is 4. The third-order valence-corrected chi connectivity index (χ3v) is 6.09. The fourth-order valence-electron chi connectivity index (χ4n) is 4.81. The molecule has 0 spiro atoms. The van der Waals surface area contributed by atoms with Crippen molar-refractivity contribution in [1.82, 2.24) is 0 Å². The summed E-state index contributed by atoms with van der Waals surface area (Å²) in [6.07, 6.45) is 3.13. The summed E-state index contributed by atoms with van der Waals surface area (Å²) in [5.74, 6) is -2.55. The molecule has 0 radical (unpaired) electrons. The lowest BCUT2D eigenvalue weighted by Crippen LogP contribution is -2.59. The minimum atomic E-state index is -1.34. The van der Waals surface area contributed by atoms with Gasteiger partial charge in [0, 0.05) is 5.92 Å². The zero-order valence-electron chi connectivity index (χ0n) is 16.5. The summed E-state index contributed by atoms with van der Waals surface area (Å²) in [7, 11) is 0. The van der Waals surface area contributed by atoms with E-state index in [1.54, 1.807) is 19.1 Å². The number of carbonyl (C=O) groups excluding carboxylic acids is 2. The van der Waals surface area contributed by atoms with E-state index >= 15 is 0 Å². The van der Waals surface area contributed by atoms with E-state index in [9.17, 15) is 14.0 Å². The Bertz CT molecular complexity index is 880. The first kappa shape index (κ1) is 19.8. The molecule has 2 aromatic rings. The van der Waals surface area contributed by atoms with Crippen molar-refractivity contribution in [2.24, 2.45) is 11.8 Å². The normalized spacial score (nSPS) is 29.2. The SMILES string of the molecule is CCOC(=O)C1C(=O)C2CCCCC2OC1(c1ccccc1)c1ccc(F)cc1. The molecule has 2 fully saturated rings. The Morgan fingerprint density at radius 2 is 1.72 bits per heavy atom. The fourth-order valence-corrected chi connectivity index (χ4v) is 4.81. The molecule has 0 N–H and O–H groups in total. The van der Waals surface area contributed by atoms with E-state index in [-0.39, 0.29) is 30.2 Å². The van der Waals surface area contributed by atoms with Crippen LogP contribution in [0, 0.1) is 17.7 Å². The van der Waals surface area contributed by atoms with Crippen molar-refractivity contribution in [3.63, 3.8) is 0 Å². The Kier molecular flexibility index (Phi) is 5.50. The maximum Gasteiger partial charge on any atom is 0.320 e. The van der Waals surface area contributed by atoms with E-state index in [0.717, 1.165) is 19.3 Å². The van der Waals surface area contributed by atoms with E-state index in [4.69, 9.17) is 9.47 Å². The Labute approximate surface area is 170 Å². The molecule has 1 heterocycles. The summed E-state index contributed by atoms with van der Waals surface area (Å²) in [5, 5.41) is 0. The summed E-state index contributed by atoms with van der Waals surface area (Å²) >= 11 is 0. The van der Waals surface area contributed by atoms with E-state index < -0.39 is 17.5 Å². The summed E-state index contributed by atoms with van der Waals surface area (Å²) in [4.78, 5) is 26.8. The number of halogens is 1. The van der Waals surface area contributed by atoms with Crippen molar-refractivity contribution in [3.05, 3.63) is 71.5 Å². The molecule has 1 saturated heterocycles. The molecule has 1 aliphatic carbocycles. The maximum absolute atomic E-state index is 13.7. The van der Waals surface area contributed by atoms with Crippen LogP contribution in [-0.2, 0) is 24.7 Å². The zero-order valence-corrected chi connectivity index (χ0v) is 16.5. The van der Waals surface area contributed by atoms with Gasteiger partial charge in [0.2, 0.25) is 0 Å². The standard InChI is InChI=1S/C24H25FO4/c1-2-28-23(27)21-22(26)19-10-6-7-11-20(19)29-24(21,16-8-4-3-5-9-16)17-12-14-18(25)15-13-17/h3-5,8-9,12-15,19-21H,2,6-7,10-11H2,1H3. The monoisotopic (exact) mass is 396 g/mol. The van der Waals surface area contributed by atoms with E-state index in [1.807, 2.05) is 30.3 Å². The van der Waals surface area contributed by atoms with Crippen molar-refractivity contribution < 1.29 is 23.5 Å². The summed E-state index contributed by atoms with van der Waals surface area (Å²) < 4.78 is 25.7. The second-order valence-corrected chi connectivity index (χ2v) is 7.74.